The van der Waals surface area contributed by atoms with Crippen LogP contribution in [0.1, 0.15) is 18.4 Å². The molecule has 1 aromatic rings. The van der Waals surface area contributed by atoms with E-state index in [2.05, 4.69) is 28.6 Å². The van der Waals surface area contributed by atoms with Crippen LogP contribution in [0.5, 0.6) is 5.75 Å². The van der Waals surface area contributed by atoms with Crippen LogP contribution >= 0.6 is 12.6 Å². The third kappa shape index (κ3) is 9.64. The molecule has 1 aromatic carbocycles. The molecule has 34 heavy (non-hydrogen) atoms. The molecule has 0 saturated carbocycles. The standard InChI is InChI=1S/C20H28N4O9S/c21-12(9-34)17(29)22-13(5-6-16(27)28)18(30)23-14(7-10-1-3-11(26)4-2-10)19(31)24-15(8-25)20(32)33/h1-4,12-15,25-26,34H,5-9,21H2,(H,22,29)(H,23,30)(H,24,31)(H,27,28)(H,32,33). The first kappa shape index (κ1) is 28.7. The number of hydrogen-bond acceptors (Lipinski definition) is 9. The number of carbonyl (C=O) groups is 5. The van der Waals surface area contributed by atoms with Crippen molar-refractivity contribution in [2.24, 2.45) is 5.73 Å². The number of carbonyl (C=O) groups excluding carboxylic acids is 3. The van der Waals surface area contributed by atoms with E-state index in [-0.39, 0.29) is 24.3 Å². The summed E-state index contributed by atoms with van der Waals surface area (Å²) in [4.78, 5) is 59.9. The predicted octanol–water partition coefficient (Wildman–Crippen LogP) is -2.41. The Morgan fingerprint density at radius 3 is 1.91 bits per heavy atom. The number of thiol groups is 1. The fraction of sp³-hybridized carbons (Fsp3) is 0.450. The Labute approximate surface area is 200 Å². The molecule has 13 nitrogen and oxygen atoms in total. The van der Waals surface area contributed by atoms with Crippen molar-refractivity contribution in [1.82, 2.24) is 16.0 Å². The molecule has 9 N–H and O–H groups in total. The minimum Gasteiger partial charge on any atom is -0.508 e. The molecule has 0 radical (unpaired) electrons. The SMILES string of the molecule is NC(CS)C(=O)NC(CCC(=O)O)C(=O)NC(Cc1ccc(O)cc1)C(=O)NC(CO)C(=O)O. The van der Waals surface area contributed by atoms with Crippen molar-refractivity contribution in [2.45, 2.75) is 43.4 Å². The highest BCUT2D eigenvalue weighted by atomic mass is 32.1. The number of amides is 3. The summed E-state index contributed by atoms with van der Waals surface area (Å²) >= 11 is 3.90. The molecule has 0 bridgehead atoms. The molecule has 0 aliphatic heterocycles. The van der Waals surface area contributed by atoms with Crippen molar-refractivity contribution >= 4 is 42.3 Å². The number of phenols is 1. The van der Waals surface area contributed by atoms with Gasteiger partial charge in [0.25, 0.3) is 0 Å². The molecule has 0 aromatic heterocycles. The van der Waals surface area contributed by atoms with Crippen LogP contribution in [0.25, 0.3) is 0 Å². The first-order valence-corrected chi connectivity index (χ1v) is 10.7. The minimum atomic E-state index is -1.64. The second kappa shape index (κ2) is 14.0. The summed E-state index contributed by atoms with van der Waals surface area (Å²) in [5.74, 6) is -5.42. The Hall–Kier alpha value is -3.36. The average Bonchev–Trinajstić information content (AvgIpc) is 2.79. The maximum atomic E-state index is 12.9. The summed E-state index contributed by atoms with van der Waals surface area (Å²) < 4.78 is 0. The normalized spacial score (nSPS) is 14.2. The number of nitrogens with two attached hydrogens (primary N) is 1. The van der Waals surface area contributed by atoms with Gasteiger partial charge in [0.15, 0.2) is 0 Å². The summed E-state index contributed by atoms with van der Waals surface area (Å²) in [6.45, 7) is -0.903. The van der Waals surface area contributed by atoms with Crippen LogP contribution in [-0.4, -0.2) is 86.6 Å². The Morgan fingerprint density at radius 2 is 1.41 bits per heavy atom. The van der Waals surface area contributed by atoms with Gasteiger partial charge in [-0.25, -0.2) is 4.79 Å². The molecule has 3 amide bonds. The van der Waals surface area contributed by atoms with Gasteiger partial charge in [-0.3, -0.25) is 19.2 Å². The number of nitrogens with one attached hydrogen (secondary N) is 3. The largest absolute Gasteiger partial charge is 0.508 e. The molecule has 188 valence electrons. The monoisotopic (exact) mass is 500 g/mol. The van der Waals surface area contributed by atoms with Gasteiger partial charge in [0.05, 0.1) is 12.6 Å². The summed E-state index contributed by atoms with van der Waals surface area (Å²) in [5.41, 5.74) is 6.07. The van der Waals surface area contributed by atoms with Crippen LogP contribution in [0, 0.1) is 0 Å². The lowest BCUT2D eigenvalue weighted by Gasteiger charge is -2.24. The van der Waals surface area contributed by atoms with Gasteiger partial charge in [-0.1, -0.05) is 12.1 Å². The minimum absolute atomic E-state index is 0.0390. The lowest BCUT2D eigenvalue weighted by atomic mass is 10.0. The molecule has 0 aliphatic rings. The van der Waals surface area contributed by atoms with Gasteiger partial charge in [0, 0.05) is 18.6 Å². The molecular weight excluding hydrogens is 472 g/mol. The molecule has 0 fully saturated rings. The molecule has 0 heterocycles. The molecule has 0 spiro atoms. The first-order chi connectivity index (χ1) is 16.0. The van der Waals surface area contributed by atoms with E-state index in [1.54, 1.807) is 0 Å². The van der Waals surface area contributed by atoms with E-state index in [0.29, 0.717) is 5.56 Å². The van der Waals surface area contributed by atoms with Crippen LogP contribution in [0.15, 0.2) is 24.3 Å². The molecule has 4 unspecified atom stereocenters. The number of phenolic OH excluding ortho intramolecular Hbond substituents is 1. The smallest absolute Gasteiger partial charge is 0.328 e. The highest BCUT2D eigenvalue weighted by molar-refractivity contribution is 7.80. The van der Waals surface area contributed by atoms with Gasteiger partial charge in [-0.05, 0) is 24.1 Å². The summed E-state index contributed by atoms with van der Waals surface area (Å²) in [6, 6.07) is 0.188. The van der Waals surface area contributed by atoms with Crippen LogP contribution in [0.4, 0.5) is 0 Å². The second-order valence-corrected chi connectivity index (χ2v) is 7.66. The van der Waals surface area contributed by atoms with Crippen LogP contribution < -0.4 is 21.7 Å². The molecular formula is C20H28N4O9S. The number of aromatic hydroxyl groups is 1. The van der Waals surface area contributed by atoms with E-state index in [4.69, 9.17) is 15.9 Å². The molecule has 4 atom stereocenters. The van der Waals surface area contributed by atoms with Gasteiger partial charge in [0.1, 0.15) is 23.9 Å². The van der Waals surface area contributed by atoms with Gasteiger partial charge < -0.3 is 42.1 Å². The molecule has 14 heteroatoms. The lowest BCUT2D eigenvalue weighted by Crippen LogP contribution is -2.58. The summed E-state index contributed by atoms with van der Waals surface area (Å²) in [6.07, 6.45) is -0.936. The highest BCUT2D eigenvalue weighted by Gasteiger charge is 2.30. The van der Waals surface area contributed by atoms with Crippen molar-refractivity contribution in [1.29, 1.82) is 0 Å². The number of aliphatic hydroxyl groups is 1. The first-order valence-electron chi connectivity index (χ1n) is 10.1. The topological polar surface area (TPSA) is 228 Å². The van der Waals surface area contributed by atoms with Crippen molar-refractivity contribution in [2.75, 3.05) is 12.4 Å². The van der Waals surface area contributed by atoms with E-state index in [0.717, 1.165) is 0 Å². The van der Waals surface area contributed by atoms with E-state index in [1.165, 1.54) is 24.3 Å². The molecule has 0 saturated heterocycles. The van der Waals surface area contributed by atoms with Crippen molar-refractivity contribution in [3.63, 3.8) is 0 Å². The zero-order valence-corrected chi connectivity index (χ0v) is 18.9. The highest BCUT2D eigenvalue weighted by Crippen LogP contribution is 2.12. The van der Waals surface area contributed by atoms with E-state index in [9.17, 15) is 34.2 Å². The van der Waals surface area contributed by atoms with Gasteiger partial charge in [-0.15, -0.1) is 0 Å². The third-order valence-electron chi connectivity index (χ3n) is 4.62. The zero-order valence-electron chi connectivity index (χ0n) is 18.0. The lowest BCUT2D eigenvalue weighted by molar-refractivity contribution is -0.143. The van der Waals surface area contributed by atoms with E-state index in [1.807, 2.05) is 0 Å². The van der Waals surface area contributed by atoms with Crippen molar-refractivity contribution in [3.8, 4) is 5.75 Å². The predicted molar refractivity (Wildman–Crippen MR) is 121 cm³/mol. The Balaban J connectivity index is 3.12. The number of rotatable bonds is 14. The van der Waals surface area contributed by atoms with Gasteiger partial charge in [0.2, 0.25) is 17.7 Å². The number of aliphatic hydroxyl groups excluding tert-OH is 1. The van der Waals surface area contributed by atoms with Crippen LogP contribution in [0.3, 0.4) is 0 Å². The van der Waals surface area contributed by atoms with E-state index >= 15 is 0 Å². The number of carboxylic acids is 2. The van der Waals surface area contributed by atoms with Crippen LogP contribution in [0.2, 0.25) is 0 Å². The van der Waals surface area contributed by atoms with Gasteiger partial charge >= 0.3 is 11.9 Å². The second-order valence-electron chi connectivity index (χ2n) is 7.30. The summed E-state index contributed by atoms with van der Waals surface area (Å²) in [7, 11) is 0. The van der Waals surface area contributed by atoms with E-state index < -0.39 is 66.9 Å². The van der Waals surface area contributed by atoms with Gasteiger partial charge in [-0.2, -0.15) is 12.6 Å². The fourth-order valence-electron chi connectivity index (χ4n) is 2.71. The zero-order chi connectivity index (χ0) is 25.8. The average molecular weight is 501 g/mol. The number of benzene rings is 1. The Morgan fingerprint density at radius 1 is 0.882 bits per heavy atom. The quantitative estimate of drug-likeness (QED) is 0.123. The maximum Gasteiger partial charge on any atom is 0.328 e. The maximum absolute atomic E-state index is 12.9. The number of carboxylic acid groups (broad SMARTS) is 2. The van der Waals surface area contributed by atoms with Crippen molar-refractivity contribution < 1.29 is 44.4 Å². The fourth-order valence-corrected chi connectivity index (χ4v) is 2.87. The third-order valence-corrected chi connectivity index (χ3v) is 5.01. The Bertz CT molecular complexity index is 881. The number of hydrogen-bond donors (Lipinski definition) is 9. The Kier molecular flexibility index (Phi) is 11.8. The number of aliphatic carboxylic acids is 2. The molecule has 1 rings (SSSR count). The molecule has 0 aliphatic carbocycles. The summed E-state index contributed by atoms with van der Waals surface area (Å²) in [5, 5.41) is 43.4. The van der Waals surface area contributed by atoms with Crippen molar-refractivity contribution in [3.05, 3.63) is 29.8 Å². The van der Waals surface area contributed by atoms with Crippen LogP contribution in [-0.2, 0) is 30.4 Å².